The molecule has 4 nitrogen and oxygen atoms in total. The van der Waals surface area contributed by atoms with Crippen LogP contribution in [-0.2, 0) is 9.53 Å². The van der Waals surface area contributed by atoms with E-state index in [4.69, 9.17) is 14.2 Å². The van der Waals surface area contributed by atoms with Gasteiger partial charge in [-0.25, -0.2) is 0 Å². The number of benzene rings is 2. The smallest absolute Gasteiger partial charge is 0.306 e. The number of halogens is 1. The zero-order valence-corrected chi connectivity index (χ0v) is 34.8. The minimum atomic E-state index is -0.0392. The van der Waals surface area contributed by atoms with Crippen LogP contribution in [0, 0.1) is 46.3 Å². The van der Waals surface area contributed by atoms with Crippen LogP contribution < -0.4 is 9.47 Å². The maximum Gasteiger partial charge on any atom is 0.306 e. The molecule has 2 aromatic rings. The van der Waals surface area contributed by atoms with E-state index < -0.39 is 0 Å². The van der Waals surface area contributed by atoms with Crippen molar-refractivity contribution in [2.24, 2.45) is 46.3 Å². The fourth-order valence-corrected chi connectivity index (χ4v) is 11.9. The molecule has 0 radical (unpaired) electrons. The predicted octanol–water partition coefficient (Wildman–Crippen LogP) is 13.3. The number of carbonyl (C=O) groups is 1. The molecule has 3 saturated carbocycles. The molecular weight excluding hydrogens is 708 g/mol. The van der Waals surface area contributed by atoms with Gasteiger partial charge in [0.25, 0.3) is 0 Å². The Morgan fingerprint density at radius 1 is 0.808 bits per heavy atom. The third kappa shape index (κ3) is 9.26. The highest BCUT2D eigenvalue weighted by Crippen LogP contribution is 2.67. The Kier molecular flexibility index (Phi) is 13.8. The fraction of sp³-hybridized carbons (Fsp3) is 0.723. The van der Waals surface area contributed by atoms with Crippen LogP contribution in [0.15, 0.2) is 48.0 Å². The molecule has 0 aromatic heterocycles. The number of carbonyl (C=O) groups excluding carboxylic acids is 1. The van der Waals surface area contributed by atoms with Crippen molar-refractivity contribution in [3.8, 4) is 11.5 Å². The molecule has 8 atom stereocenters. The summed E-state index contributed by atoms with van der Waals surface area (Å²) in [6.07, 6.45) is 22.4. The molecule has 0 heterocycles. The number of rotatable bonds is 18. The summed E-state index contributed by atoms with van der Waals surface area (Å²) in [7, 11) is 0. The van der Waals surface area contributed by atoms with Crippen molar-refractivity contribution in [2.75, 3.05) is 18.5 Å². The second kappa shape index (κ2) is 18.1. The van der Waals surface area contributed by atoms with E-state index in [1.807, 2.05) is 12.1 Å². The molecule has 3 fully saturated rings. The first kappa shape index (κ1) is 39.7. The van der Waals surface area contributed by atoms with Gasteiger partial charge < -0.3 is 14.2 Å². The molecule has 4 aliphatic rings. The lowest BCUT2D eigenvalue weighted by Crippen LogP contribution is -2.51. The Labute approximate surface area is 324 Å². The first-order valence-corrected chi connectivity index (χ1v) is 22.5. The average Bonchev–Trinajstić information content (AvgIpc) is 3.48. The van der Waals surface area contributed by atoms with Crippen molar-refractivity contribution < 1.29 is 19.0 Å². The average molecular weight is 778 g/mol. The maximum atomic E-state index is 12.9. The highest BCUT2D eigenvalue weighted by molar-refractivity contribution is 9.09. The van der Waals surface area contributed by atoms with Crippen LogP contribution >= 0.6 is 15.9 Å². The molecule has 6 rings (SSSR count). The Bertz CT molecular complexity index is 1500. The zero-order chi connectivity index (χ0) is 36.7. The first-order chi connectivity index (χ1) is 25.1. The lowest BCUT2D eigenvalue weighted by Gasteiger charge is -2.58. The fourth-order valence-electron chi connectivity index (χ4n) is 11.5. The van der Waals surface area contributed by atoms with Crippen LogP contribution in [0.3, 0.4) is 0 Å². The Balaban J connectivity index is 0.917. The summed E-state index contributed by atoms with van der Waals surface area (Å²) in [6.45, 7) is 13.9. The second-order valence-electron chi connectivity index (χ2n) is 18.2. The molecule has 52 heavy (non-hydrogen) atoms. The SMILES string of the molecule is CC(C)CCC[C@@H](C)[C@H]1CC[C@H]2[C@@H]3CC=C4C[C@@H](OC(=O)CCCCOc5ccc6cc(OCCCCCBr)ccc6c5)CC[C@]4(C)[C@H]3CC[C@]12C. The van der Waals surface area contributed by atoms with E-state index in [1.165, 1.54) is 70.6 Å². The van der Waals surface area contributed by atoms with Gasteiger partial charge in [0.2, 0.25) is 0 Å². The van der Waals surface area contributed by atoms with Gasteiger partial charge in [-0.15, -0.1) is 0 Å². The van der Waals surface area contributed by atoms with Gasteiger partial charge in [-0.05, 0) is 158 Å². The summed E-state index contributed by atoms with van der Waals surface area (Å²) < 4.78 is 18.1. The topological polar surface area (TPSA) is 44.8 Å². The summed E-state index contributed by atoms with van der Waals surface area (Å²) in [5.74, 6) is 6.86. The van der Waals surface area contributed by atoms with E-state index in [-0.39, 0.29) is 17.5 Å². The summed E-state index contributed by atoms with van der Waals surface area (Å²) in [4.78, 5) is 12.9. The maximum absolute atomic E-state index is 12.9. The minimum Gasteiger partial charge on any atom is -0.494 e. The van der Waals surface area contributed by atoms with Crippen LogP contribution in [0.2, 0.25) is 0 Å². The normalized spacial score (nSPS) is 30.3. The van der Waals surface area contributed by atoms with Gasteiger partial charge >= 0.3 is 5.97 Å². The van der Waals surface area contributed by atoms with E-state index in [0.29, 0.717) is 18.4 Å². The number of unbranched alkanes of at least 4 members (excludes halogenated alkanes) is 3. The largest absolute Gasteiger partial charge is 0.494 e. The highest BCUT2D eigenvalue weighted by atomic mass is 79.9. The van der Waals surface area contributed by atoms with Crippen LogP contribution in [-0.4, -0.2) is 30.6 Å². The van der Waals surface area contributed by atoms with Crippen molar-refractivity contribution in [1.29, 1.82) is 0 Å². The van der Waals surface area contributed by atoms with E-state index >= 15 is 0 Å². The molecule has 0 unspecified atom stereocenters. The first-order valence-electron chi connectivity index (χ1n) is 21.3. The standard InChI is InChI=1S/C47H69BrO4/c1-33(2)12-11-13-34(3)42-21-22-43-41-20-17-37-32-40(23-25-46(37,4)44(41)24-26-47(42,43)5)52-45(49)14-7-10-29-51-39-19-16-35-30-38(18-15-36(35)31-39)50-28-9-6-8-27-48/h15-19,30-31,33-34,40-44H,6-14,20-29,32H2,1-5H3/t34-,40+,41+,42-,43+,44+,46+,47-/m1/s1. The number of ether oxygens (including phenoxy) is 3. The summed E-state index contributed by atoms with van der Waals surface area (Å²) in [5.41, 5.74) is 2.42. The van der Waals surface area contributed by atoms with Crippen LogP contribution in [0.5, 0.6) is 11.5 Å². The number of alkyl halides is 1. The van der Waals surface area contributed by atoms with E-state index in [2.05, 4.69) is 80.9 Å². The molecule has 4 aliphatic carbocycles. The van der Waals surface area contributed by atoms with Gasteiger partial charge in [0.1, 0.15) is 17.6 Å². The zero-order valence-electron chi connectivity index (χ0n) is 33.2. The summed E-state index contributed by atoms with van der Waals surface area (Å²) >= 11 is 3.49. The molecule has 288 valence electrons. The number of hydrogen-bond acceptors (Lipinski definition) is 4. The Hall–Kier alpha value is -2.01. The Morgan fingerprint density at radius 3 is 2.21 bits per heavy atom. The number of esters is 1. The quantitative estimate of drug-likeness (QED) is 0.0654. The van der Waals surface area contributed by atoms with Crippen molar-refractivity contribution in [2.45, 2.75) is 150 Å². The summed E-state index contributed by atoms with van der Waals surface area (Å²) in [5, 5.41) is 3.35. The van der Waals surface area contributed by atoms with Gasteiger partial charge in [-0.3, -0.25) is 4.79 Å². The van der Waals surface area contributed by atoms with Crippen molar-refractivity contribution >= 4 is 32.7 Å². The van der Waals surface area contributed by atoms with Crippen molar-refractivity contribution in [1.82, 2.24) is 0 Å². The third-order valence-corrected chi connectivity index (χ3v) is 15.0. The third-order valence-electron chi connectivity index (χ3n) is 14.4. The van der Waals surface area contributed by atoms with E-state index in [9.17, 15) is 4.79 Å². The molecule has 0 aliphatic heterocycles. The summed E-state index contributed by atoms with van der Waals surface area (Å²) in [6, 6.07) is 12.5. The van der Waals surface area contributed by atoms with Crippen molar-refractivity contribution in [3.63, 3.8) is 0 Å². The number of fused-ring (bicyclic) bond motifs is 6. The van der Waals surface area contributed by atoms with Gasteiger partial charge in [-0.1, -0.05) is 93.6 Å². The van der Waals surface area contributed by atoms with Crippen molar-refractivity contribution in [3.05, 3.63) is 48.0 Å². The van der Waals surface area contributed by atoms with Crippen LogP contribution in [0.4, 0.5) is 0 Å². The lowest BCUT2D eigenvalue weighted by molar-refractivity contribution is -0.151. The van der Waals surface area contributed by atoms with E-state index in [1.54, 1.807) is 5.57 Å². The monoisotopic (exact) mass is 776 g/mol. The van der Waals surface area contributed by atoms with Crippen LogP contribution in [0.25, 0.3) is 10.8 Å². The molecule has 0 N–H and O–H groups in total. The number of hydrogen-bond donors (Lipinski definition) is 0. The van der Waals surface area contributed by atoms with Gasteiger partial charge in [0, 0.05) is 18.2 Å². The minimum absolute atomic E-state index is 0.0392. The van der Waals surface area contributed by atoms with Crippen LogP contribution in [0.1, 0.15) is 144 Å². The molecule has 2 aromatic carbocycles. The van der Waals surface area contributed by atoms with Gasteiger partial charge in [-0.2, -0.15) is 0 Å². The molecule has 0 spiro atoms. The molecular formula is C47H69BrO4. The predicted molar refractivity (Wildman–Crippen MR) is 219 cm³/mol. The Morgan fingerprint density at radius 2 is 1.52 bits per heavy atom. The lowest BCUT2D eigenvalue weighted by atomic mass is 9.47. The molecule has 5 heteroatoms. The van der Waals surface area contributed by atoms with Gasteiger partial charge in [0.05, 0.1) is 13.2 Å². The molecule has 0 saturated heterocycles. The van der Waals surface area contributed by atoms with E-state index in [0.717, 1.165) is 102 Å². The molecule has 0 amide bonds. The van der Waals surface area contributed by atoms with Gasteiger partial charge in [0.15, 0.2) is 0 Å². The molecule has 0 bridgehead atoms. The number of allylic oxidation sites excluding steroid dienone is 1. The second-order valence-corrected chi connectivity index (χ2v) is 19.0. The highest BCUT2D eigenvalue weighted by Gasteiger charge is 2.59.